The summed E-state index contributed by atoms with van der Waals surface area (Å²) in [6.07, 6.45) is 1.38. The van der Waals surface area contributed by atoms with Crippen LogP contribution < -0.4 is 4.74 Å². The van der Waals surface area contributed by atoms with Crippen LogP contribution in [0.3, 0.4) is 0 Å². The molecule has 1 fully saturated rings. The highest BCUT2D eigenvalue weighted by molar-refractivity contribution is 8.18. The van der Waals surface area contributed by atoms with Crippen LogP contribution in [0.2, 0.25) is 10.0 Å². The Balaban J connectivity index is 2.29. The van der Waals surface area contributed by atoms with Gasteiger partial charge >= 0.3 is 11.9 Å². The monoisotopic (exact) mass is 433 g/mol. The molecule has 1 aromatic rings. The minimum Gasteiger partial charge on any atom is -0.479 e. The number of hydrogen-bond donors (Lipinski definition) is 1. The van der Waals surface area contributed by atoms with E-state index in [-0.39, 0.29) is 20.7 Å². The van der Waals surface area contributed by atoms with Gasteiger partial charge in [0.2, 0.25) is 0 Å². The quantitative estimate of drug-likeness (QED) is 0.538. The Morgan fingerprint density at radius 2 is 1.89 bits per heavy atom. The van der Waals surface area contributed by atoms with E-state index >= 15 is 0 Å². The minimum absolute atomic E-state index is 0.00898. The van der Waals surface area contributed by atoms with Crippen molar-refractivity contribution >= 4 is 64.1 Å². The van der Waals surface area contributed by atoms with Crippen LogP contribution >= 0.6 is 35.0 Å². The fourth-order valence-electron chi connectivity index (χ4n) is 2.18. The molecular formula is C16H13Cl2NO7S. The topological polar surface area (TPSA) is 110 Å². The van der Waals surface area contributed by atoms with Crippen molar-refractivity contribution in [1.29, 1.82) is 0 Å². The van der Waals surface area contributed by atoms with Crippen molar-refractivity contribution in [2.45, 2.75) is 13.0 Å². The van der Waals surface area contributed by atoms with E-state index in [1.165, 1.54) is 25.1 Å². The lowest BCUT2D eigenvalue weighted by Crippen LogP contribution is -2.42. The molecule has 1 N–H and O–H groups in total. The molecule has 11 heteroatoms. The Bertz CT molecular complexity index is 832. The van der Waals surface area contributed by atoms with Crippen molar-refractivity contribution in [3.8, 4) is 5.75 Å². The Morgan fingerprint density at radius 3 is 2.41 bits per heavy atom. The van der Waals surface area contributed by atoms with Gasteiger partial charge < -0.3 is 14.6 Å². The van der Waals surface area contributed by atoms with Crippen LogP contribution in [0.4, 0.5) is 4.79 Å². The van der Waals surface area contributed by atoms with Crippen LogP contribution in [-0.4, -0.2) is 52.8 Å². The van der Waals surface area contributed by atoms with E-state index in [1.807, 2.05) is 0 Å². The number of benzene rings is 1. The first-order valence-corrected chi connectivity index (χ1v) is 8.91. The van der Waals surface area contributed by atoms with E-state index in [2.05, 4.69) is 4.74 Å². The molecule has 8 nitrogen and oxygen atoms in total. The van der Waals surface area contributed by atoms with Gasteiger partial charge in [-0.25, -0.2) is 9.59 Å². The van der Waals surface area contributed by atoms with Crippen LogP contribution in [0.5, 0.6) is 5.75 Å². The van der Waals surface area contributed by atoms with Crippen molar-refractivity contribution in [2.75, 3.05) is 13.7 Å². The molecule has 0 radical (unpaired) electrons. The SMILES string of the molecule is COC(=O)[C@H](C)N1C(=O)S/C(=C/c2cc(Cl)c(OCC(=O)O)c(Cl)c2)C1=O. The van der Waals surface area contributed by atoms with Crippen molar-refractivity contribution in [3.63, 3.8) is 0 Å². The van der Waals surface area contributed by atoms with Gasteiger partial charge in [0.05, 0.1) is 22.1 Å². The molecule has 0 bridgehead atoms. The summed E-state index contributed by atoms with van der Waals surface area (Å²) in [6.45, 7) is 0.760. The molecule has 1 aromatic carbocycles. The van der Waals surface area contributed by atoms with E-state index in [9.17, 15) is 19.2 Å². The second-order valence-electron chi connectivity index (χ2n) is 5.25. The highest BCUT2D eigenvalue weighted by atomic mass is 35.5. The Hall–Kier alpha value is -2.23. The molecule has 0 spiro atoms. The average molecular weight is 434 g/mol. The minimum atomic E-state index is -1.19. The predicted octanol–water partition coefficient (Wildman–Crippen LogP) is 3.05. The van der Waals surface area contributed by atoms with Gasteiger partial charge in [0.15, 0.2) is 12.4 Å². The lowest BCUT2D eigenvalue weighted by Gasteiger charge is -2.18. The molecule has 0 aliphatic carbocycles. The molecule has 1 atom stereocenters. The third kappa shape index (κ3) is 4.74. The number of ether oxygens (including phenoxy) is 2. The summed E-state index contributed by atoms with van der Waals surface area (Å²) in [6, 6.07) is 1.75. The first-order valence-electron chi connectivity index (χ1n) is 7.34. The largest absolute Gasteiger partial charge is 0.479 e. The summed E-state index contributed by atoms with van der Waals surface area (Å²) >= 11 is 12.8. The molecule has 1 heterocycles. The standard InChI is InChI=1S/C16H13Cl2NO7S/c1-7(15(23)25-2)19-14(22)11(27-16(19)24)5-8-3-9(17)13(10(18)4-8)26-6-12(20)21/h3-5,7H,6H2,1-2H3,(H,20,21)/b11-5+/t7-/m0/s1. The summed E-state index contributed by atoms with van der Waals surface area (Å²) < 4.78 is 9.56. The van der Waals surface area contributed by atoms with Crippen molar-refractivity contribution < 1.29 is 33.8 Å². The second-order valence-corrected chi connectivity index (χ2v) is 7.05. The van der Waals surface area contributed by atoms with Gasteiger partial charge in [-0.2, -0.15) is 0 Å². The fraction of sp³-hybridized carbons (Fsp3) is 0.250. The number of carbonyl (C=O) groups is 4. The van der Waals surface area contributed by atoms with Crippen molar-refractivity contribution in [3.05, 3.63) is 32.6 Å². The summed E-state index contributed by atoms with van der Waals surface area (Å²) in [4.78, 5) is 47.6. The number of carbonyl (C=O) groups excluding carboxylic acids is 3. The molecule has 2 amide bonds. The van der Waals surface area contributed by atoms with Gasteiger partial charge in [0.1, 0.15) is 6.04 Å². The first-order chi connectivity index (χ1) is 12.6. The highest BCUT2D eigenvalue weighted by Crippen LogP contribution is 2.38. The number of halogens is 2. The number of thioether (sulfide) groups is 1. The summed E-state index contributed by atoms with van der Waals surface area (Å²) in [5, 5.41) is 8.12. The molecular weight excluding hydrogens is 421 g/mol. The van der Waals surface area contributed by atoms with E-state index in [1.54, 1.807) is 0 Å². The van der Waals surface area contributed by atoms with Gasteiger partial charge in [-0.3, -0.25) is 14.5 Å². The summed E-state index contributed by atoms with van der Waals surface area (Å²) in [5.41, 5.74) is 0.392. The summed E-state index contributed by atoms with van der Waals surface area (Å²) in [5.74, 6) is -2.57. The van der Waals surface area contributed by atoms with E-state index in [0.29, 0.717) is 17.3 Å². The molecule has 144 valence electrons. The Morgan fingerprint density at radius 1 is 1.30 bits per heavy atom. The van der Waals surface area contributed by atoms with Crippen LogP contribution in [0.15, 0.2) is 17.0 Å². The summed E-state index contributed by atoms with van der Waals surface area (Å²) in [7, 11) is 1.16. The Labute approximate surface area is 168 Å². The van der Waals surface area contributed by atoms with Gasteiger partial charge in [-0.05, 0) is 42.5 Å². The number of nitrogens with zero attached hydrogens (tertiary/aromatic N) is 1. The van der Waals surface area contributed by atoms with Crippen LogP contribution in [0, 0.1) is 0 Å². The van der Waals surface area contributed by atoms with Crippen LogP contribution in [0.25, 0.3) is 6.08 Å². The number of carboxylic acid groups (broad SMARTS) is 1. The smallest absolute Gasteiger partial charge is 0.341 e. The zero-order chi connectivity index (χ0) is 20.3. The maximum atomic E-state index is 12.4. The predicted molar refractivity (Wildman–Crippen MR) is 98.9 cm³/mol. The van der Waals surface area contributed by atoms with Crippen molar-refractivity contribution in [1.82, 2.24) is 4.90 Å². The molecule has 0 aromatic heterocycles. The fourth-order valence-corrected chi connectivity index (χ4v) is 3.70. The zero-order valence-corrected chi connectivity index (χ0v) is 16.4. The number of hydrogen-bond acceptors (Lipinski definition) is 7. The molecule has 0 saturated carbocycles. The molecule has 1 aliphatic heterocycles. The third-order valence-electron chi connectivity index (χ3n) is 3.41. The first kappa shape index (κ1) is 21.1. The maximum Gasteiger partial charge on any atom is 0.341 e. The molecule has 0 unspecified atom stereocenters. The van der Waals surface area contributed by atoms with Crippen molar-refractivity contribution in [2.24, 2.45) is 0 Å². The second kappa shape index (κ2) is 8.64. The number of esters is 1. The van der Waals surface area contributed by atoms with Crippen LogP contribution in [0.1, 0.15) is 12.5 Å². The molecule has 1 aliphatic rings. The number of methoxy groups -OCH3 is 1. The van der Waals surface area contributed by atoms with E-state index in [4.69, 9.17) is 33.0 Å². The normalized spacial score (nSPS) is 16.6. The Kier molecular flexibility index (Phi) is 6.74. The maximum absolute atomic E-state index is 12.4. The molecule has 1 saturated heterocycles. The average Bonchev–Trinajstić information content (AvgIpc) is 2.86. The third-order valence-corrected chi connectivity index (χ3v) is 4.86. The van der Waals surface area contributed by atoms with Crippen LogP contribution in [-0.2, 0) is 19.1 Å². The van der Waals surface area contributed by atoms with Gasteiger partial charge in [-0.1, -0.05) is 23.2 Å². The zero-order valence-electron chi connectivity index (χ0n) is 14.0. The lowest BCUT2D eigenvalue weighted by atomic mass is 10.2. The molecule has 2 rings (SSSR count). The lowest BCUT2D eigenvalue weighted by molar-refractivity contribution is -0.148. The van der Waals surface area contributed by atoms with E-state index in [0.717, 1.165) is 12.0 Å². The van der Waals surface area contributed by atoms with E-state index < -0.39 is 35.7 Å². The van der Waals surface area contributed by atoms with Gasteiger partial charge in [-0.15, -0.1) is 0 Å². The number of aliphatic carboxylic acids is 1. The highest BCUT2D eigenvalue weighted by Gasteiger charge is 2.41. The number of imide groups is 1. The molecule has 27 heavy (non-hydrogen) atoms. The van der Waals surface area contributed by atoms with Gasteiger partial charge in [0.25, 0.3) is 11.1 Å². The number of rotatable bonds is 6. The van der Waals surface area contributed by atoms with Gasteiger partial charge in [0, 0.05) is 0 Å². The number of amides is 2. The number of carboxylic acids is 1.